The molecule has 0 bridgehead atoms. The van der Waals surface area contributed by atoms with Crippen LogP contribution in [0.15, 0.2) is 72.8 Å². The number of aromatic nitrogens is 4. The largest absolute Gasteiger partial charge is 0.314 e. The van der Waals surface area contributed by atoms with Gasteiger partial charge in [0.2, 0.25) is 0 Å². The molecular formula is C22H14N6S2. The van der Waals surface area contributed by atoms with Gasteiger partial charge in [-0.2, -0.15) is 0 Å². The Balaban J connectivity index is 1.38. The van der Waals surface area contributed by atoms with E-state index in [0.29, 0.717) is 11.6 Å². The molecule has 0 unspecified atom stereocenters. The van der Waals surface area contributed by atoms with Crippen molar-refractivity contribution in [3.05, 3.63) is 72.8 Å². The van der Waals surface area contributed by atoms with Crippen LogP contribution >= 0.6 is 22.7 Å². The predicted octanol–water partition coefficient (Wildman–Crippen LogP) is 6.34. The van der Waals surface area contributed by atoms with E-state index >= 15 is 0 Å². The van der Waals surface area contributed by atoms with Crippen molar-refractivity contribution in [2.24, 2.45) is 0 Å². The minimum absolute atomic E-state index is 0.680. The Morgan fingerprint density at radius 3 is 1.43 bits per heavy atom. The van der Waals surface area contributed by atoms with Gasteiger partial charge in [0.25, 0.3) is 0 Å². The Morgan fingerprint density at radius 1 is 0.533 bits per heavy atom. The van der Waals surface area contributed by atoms with Gasteiger partial charge >= 0.3 is 0 Å². The van der Waals surface area contributed by atoms with E-state index in [2.05, 4.69) is 42.9 Å². The number of hydrogen-bond donors (Lipinski definition) is 2. The highest BCUT2D eigenvalue weighted by Crippen LogP contribution is 2.34. The third-order valence-electron chi connectivity index (χ3n) is 4.73. The summed E-state index contributed by atoms with van der Waals surface area (Å²) in [6, 6.07) is 24.2. The van der Waals surface area contributed by atoms with E-state index in [0.717, 1.165) is 41.5 Å². The van der Waals surface area contributed by atoms with Gasteiger partial charge in [-0.25, -0.2) is 9.97 Å². The maximum absolute atomic E-state index is 4.64. The van der Waals surface area contributed by atoms with Crippen LogP contribution in [0, 0.1) is 0 Å². The minimum atomic E-state index is 0.680. The predicted molar refractivity (Wildman–Crippen MR) is 125 cm³/mol. The third-order valence-corrected chi connectivity index (χ3v) is 6.63. The van der Waals surface area contributed by atoms with Crippen molar-refractivity contribution < 1.29 is 0 Å². The summed E-state index contributed by atoms with van der Waals surface area (Å²) in [5.41, 5.74) is 1.94. The normalized spacial score (nSPS) is 11.3. The summed E-state index contributed by atoms with van der Waals surface area (Å²) >= 11 is 3.19. The lowest BCUT2D eigenvalue weighted by molar-refractivity contribution is 1.06. The number of anilines is 4. The van der Waals surface area contributed by atoms with Crippen LogP contribution in [0.1, 0.15) is 0 Å². The molecule has 6 nitrogen and oxygen atoms in total. The fraction of sp³-hybridized carbons (Fsp3) is 0. The third kappa shape index (κ3) is 3.02. The van der Waals surface area contributed by atoms with Crippen LogP contribution in [0.4, 0.5) is 21.9 Å². The van der Waals surface area contributed by atoms with Gasteiger partial charge in [-0.1, -0.05) is 71.2 Å². The molecule has 0 aliphatic rings. The SMILES string of the molecule is c1ccc2sc(Nc3nnc(Nc4nc5ccccc5s4)c4ccccc34)nc2c1. The highest BCUT2D eigenvalue weighted by atomic mass is 32.1. The summed E-state index contributed by atoms with van der Waals surface area (Å²) in [5.74, 6) is 1.36. The Kier molecular flexibility index (Phi) is 4.03. The van der Waals surface area contributed by atoms with Crippen LogP contribution in [-0.2, 0) is 0 Å². The summed E-state index contributed by atoms with van der Waals surface area (Å²) in [5, 5.41) is 19.1. The van der Waals surface area contributed by atoms with Crippen molar-refractivity contribution >= 4 is 75.8 Å². The molecule has 0 atom stereocenters. The van der Waals surface area contributed by atoms with Crippen molar-refractivity contribution in [1.29, 1.82) is 0 Å². The monoisotopic (exact) mass is 426 g/mol. The number of nitrogens with one attached hydrogen (secondary N) is 2. The molecular weight excluding hydrogens is 412 g/mol. The summed E-state index contributed by atoms with van der Waals surface area (Å²) in [7, 11) is 0. The van der Waals surface area contributed by atoms with E-state index in [1.807, 2.05) is 60.7 Å². The molecule has 3 aromatic carbocycles. The van der Waals surface area contributed by atoms with E-state index in [1.54, 1.807) is 22.7 Å². The van der Waals surface area contributed by atoms with Gasteiger partial charge in [0.15, 0.2) is 21.9 Å². The van der Waals surface area contributed by atoms with Crippen LogP contribution in [0.2, 0.25) is 0 Å². The average molecular weight is 427 g/mol. The Labute approximate surface area is 179 Å². The molecule has 3 aromatic heterocycles. The first-order valence-corrected chi connectivity index (χ1v) is 11.0. The second-order valence-electron chi connectivity index (χ2n) is 6.67. The Bertz CT molecular complexity index is 1340. The molecule has 0 aliphatic heterocycles. The van der Waals surface area contributed by atoms with E-state index in [1.165, 1.54) is 0 Å². The number of hydrogen-bond acceptors (Lipinski definition) is 8. The van der Waals surface area contributed by atoms with Gasteiger partial charge in [0, 0.05) is 10.8 Å². The maximum atomic E-state index is 4.64. The quantitative estimate of drug-likeness (QED) is 0.343. The van der Waals surface area contributed by atoms with E-state index in [9.17, 15) is 0 Å². The summed E-state index contributed by atoms with van der Waals surface area (Å²) in [6.45, 7) is 0. The highest BCUT2D eigenvalue weighted by molar-refractivity contribution is 7.22. The lowest BCUT2D eigenvalue weighted by atomic mass is 10.2. The fourth-order valence-electron chi connectivity index (χ4n) is 3.34. The maximum Gasteiger partial charge on any atom is 0.189 e. The topological polar surface area (TPSA) is 75.6 Å². The van der Waals surface area contributed by atoms with Crippen LogP contribution in [0.3, 0.4) is 0 Å². The highest BCUT2D eigenvalue weighted by Gasteiger charge is 2.13. The number of fused-ring (bicyclic) bond motifs is 3. The number of benzene rings is 3. The van der Waals surface area contributed by atoms with Crippen LogP contribution in [-0.4, -0.2) is 20.2 Å². The zero-order valence-electron chi connectivity index (χ0n) is 15.5. The number of rotatable bonds is 4. The fourth-order valence-corrected chi connectivity index (χ4v) is 5.07. The average Bonchev–Trinajstić information content (AvgIpc) is 3.38. The first kappa shape index (κ1) is 17.3. The molecule has 6 aromatic rings. The summed E-state index contributed by atoms with van der Waals surface area (Å²) in [6.07, 6.45) is 0. The molecule has 0 aliphatic carbocycles. The smallest absolute Gasteiger partial charge is 0.189 e. The molecule has 0 saturated carbocycles. The number of thiazole rings is 2. The molecule has 144 valence electrons. The van der Waals surface area contributed by atoms with Crippen molar-refractivity contribution in [2.75, 3.05) is 10.6 Å². The van der Waals surface area contributed by atoms with E-state index in [4.69, 9.17) is 0 Å². The van der Waals surface area contributed by atoms with Crippen LogP contribution in [0.5, 0.6) is 0 Å². The van der Waals surface area contributed by atoms with Gasteiger partial charge < -0.3 is 10.6 Å². The minimum Gasteiger partial charge on any atom is -0.314 e. The molecule has 2 N–H and O–H groups in total. The molecule has 0 saturated heterocycles. The second kappa shape index (κ2) is 7.01. The van der Waals surface area contributed by atoms with E-state index in [-0.39, 0.29) is 0 Å². The lowest BCUT2D eigenvalue weighted by Crippen LogP contribution is -2.01. The molecule has 0 amide bonds. The van der Waals surface area contributed by atoms with Crippen LogP contribution < -0.4 is 10.6 Å². The summed E-state index contributed by atoms with van der Waals surface area (Å²) < 4.78 is 2.26. The molecule has 0 fully saturated rings. The van der Waals surface area contributed by atoms with Crippen molar-refractivity contribution in [2.45, 2.75) is 0 Å². The van der Waals surface area contributed by atoms with Crippen molar-refractivity contribution in [1.82, 2.24) is 20.2 Å². The van der Waals surface area contributed by atoms with Gasteiger partial charge in [0.1, 0.15) is 0 Å². The zero-order valence-corrected chi connectivity index (χ0v) is 17.2. The standard InChI is InChI=1S/C22H14N6S2/c1-2-8-14-13(7-1)19(25-21-23-15-9-3-5-11-17(15)29-21)27-28-20(14)26-22-24-16-10-4-6-12-18(16)30-22/h1-12H,(H,23,25,27)(H,24,26,28). The zero-order chi connectivity index (χ0) is 19.9. The molecule has 30 heavy (non-hydrogen) atoms. The molecule has 0 spiro atoms. The van der Waals surface area contributed by atoms with Gasteiger partial charge in [0.05, 0.1) is 20.4 Å². The molecule has 6 rings (SSSR count). The molecule has 8 heteroatoms. The molecule has 0 radical (unpaired) electrons. The first-order valence-electron chi connectivity index (χ1n) is 9.34. The first-order chi connectivity index (χ1) is 14.8. The van der Waals surface area contributed by atoms with Gasteiger partial charge in [-0.05, 0) is 24.3 Å². The number of para-hydroxylation sites is 2. The van der Waals surface area contributed by atoms with E-state index < -0.39 is 0 Å². The van der Waals surface area contributed by atoms with Gasteiger partial charge in [-0.15, -0.1) is 10.2 Å². The molecule has 3 heterocycles. The van der Waals surface area contributed by atoms with Gasteiger partial charge in [-0.3, -0.25) is 0 Å². The Morgan fingerprint density at radius 2 is 0.967 bits per heavy atom. The Hall–Kier alpha value is -3.62. The van der Waals surface area contributed by atoms with Crippen LogP contribution in [0.25, 0.3) is 31.2 Å². The summed E-state index contributed by atoms with van der Waals surface area (Å²) in [4.78, 5) is 9.29. The number of nitrogens with zero attached hydrogens (tertiary/aromatic N) is 4. The van der Waals surface area contributed by atoms with Crippen molar-refractivity contribution in [3.8, 4) is 0 Å². The lowest BCUT2D eigenvalue weighted by Gasteiger charge is -2.09. The van der Waals surface area contributed by atoms with Crippen molar-refractivity contribution in [3.63, 3.8) is 0 Å². The second-order valence-corrected chi connectivity index (χ2v) is 8.73.